The molecule has 2 aromatic rings. The van der Waals surface area contributed by atoms with Gasteiger partial charge in [-0.1, -0.05) is 35.5 Å². The van der Waals surface area contributed by atoms with Crippen LogP contribution in [0.2, 0.25) is 0 Å². The molecule has 5 rings (SSSR count). The zero-order valence-corrected chi connectivity index (χ0v) is 19.0. The van der Waals surface area contributed by atoms with Gasteiger partial charge in [0.2, 0.25) is 11.8 Å². The third-order valence-corrected chi connectivity index (χ3v) is 7.42. The van der Waals surface area contributed by atoms with Crippen LogP contribution in [0.5, 0.6) is 0 Å². The van der Waals surface area contributed by atoms with Gasteiger partial charge in [-0.25, -0.2) is 0 Å². The molecule has 3 fully saturated rings. The van der Waals surface area contributed by atoms with Crippen molar-refractivity contribution in [1.29, 1.82) is 0 Å². The van der Waals surface area contributed by atoms with Crippen LogP contribution >= 0.6 is 0 Å². The van der Waals surface area contributed by atoms with E-state index in [1.807, 2.05) is 24.8 Å². The van der Waals surface area contributed by atoms with Gasteiger partial charge in [-0.05, 0) is 38.2 Å². The standard InChI is InChI=1S/C25H32N4O3/c1-17-21(18(2)32-27-17)10-23(30)29-15-25(16-29)14-28(12-20-6-4-3-5-7-20)13-22(25)24(31)26-11-19-8-9-19/h3-7,19,22H,8-16H2,1-2H3,(H,26,31). The predicted molar refractivity (Wildman–Crippen MR) is 120 cm³/mol. The van der Waals surface area contributed by atoms with Crippen LogP contribution in [0, 0.1) is 31.1 Å². The van der Waals surface area contributed by atoms with Gasteiger partial charge in [-0.3, -0.25) is 14.5 Å². The van der Waals surface area contributed by atoms with E-state index in [1.54, 1.807) is 0 Å². The van der Waals surface area contributed by atoms with E-state index >= 15 is 0 Å². The minimum atomic E-state index is -0.156. The Morgan fingerprint density at radius 1 is 1.16 bits per heavy atom. The highest BCUT2D eigenvalue weighted by atomic mass is 16.5. The first kappa shape index (κ1) is 21.2. The van der Waals surface area contributed by atoms with Gasteiger partial charge >= 0.3 is 0 Å². The number of hydrogen-bond acceptors (Lipinski definition) is 5. The molecule has 0 radical (unpaired) electrons. The molecule has 3 aliphatic rings. The average Bonchev–Trinajstić information content (AvgIpc) is 3.44. The lowest BCUT2D eigenvalue weighted by Crippen LogP contribution is -2.64. The maximum absolute atomic E-state index is 13.1. The molecule has 32 heavy (non-hydrogen) atoms. The molecule has 1 aromatic carbocycles. The Bertz CT molecular complexity index is 972. The molecule has 170 valence electrons. The lowest BCUT2D eigenvalue weighted by molar-refractivity contribution is -0.149. The molecule has 1 spiro atoms. The van der Waals surface area contributed by atoms with Crippen molar-refractivity contribution in [3.05, 3.63) is 52.9 Å². The monoisotopic (exact) mass is 436 g/mol. The number of nitrogens with one attached hydrogen (secondary N) is 1. The van der Waals surface area contributed by atoms with Crippen LogP contribution in [0.3, 0.4) is 0 Å². The molecule has 1 aromatic heterocycles. The van der Waals surface area contributed by atoms with Gasteiger partial charge in [0, 0.05) is 50.2 Å². The van der Waals surface area contributed by atoms with Gasteiger partial charge in [0.05, 0.1) is 18.0 Å². The summed E-state index contributed by atoms with van der Waals surface area (Å²) in [6.07, 6.45) is 2.75. The number of carbonyl (C=O) groups is 2. The van der Waals surface area contributed by atoms with Gasteiger partial charge in [0.15, 0.2) is 0 Å². The summed E-state index contributed by atoms with van der Waals surface area (Å²) in [7, 11) is 0. The highest BCUT2D eigenvalue weighted by Crippen LogP contribution is 2.45. The second-order valence-corrected chi connectivity index (χ2v) is 9.99. The van der Waals surface area contributed by atoms with Gasteiger partial charge in [0.1, 0.15) is 5.76 Å². The Morgan fingerprint density at radius 2 is 1.91 bits per heavy atom. The predicted octanol–water partition coefficient (Wildman–Crippen LogP) is 2.32. The molecule has 1 saturated carbocycles. The fourth-order valence-electron chi connectivity index (χ4n) is 5.31. The molecule has 1 aliphatic carbocycles. The highest BCUT2D eigenvalue weighted by molar-refractivity contribution is 5.83. The van der Waals surface area contributed by atoms with Crippen LogP contribution < -0.4 is 5.32 Å². The summed E-state index contributed by atoms with van der Waals surface area (Å²) in [6, 6.07) is 10.4. The molecule has 1 atom stereocenters. The minimum Gasteiger partial charge on any atom is -0.361 e. The summed E-state index contributed by atoms with van der Waals surface area (Å²) in [4.78, 5) is 30.4. The lowest BCUT2D eigenvalue weighted by Gasteiger charge is -2.50. The van der Waals surface area contributed by atoms with E-state index in [2.05, 4.69) is 39.6 Å². The molecule has 2 aliphatic heterocycles. The number of aromatic nitrogens is 1. The number of carbonyl (C=O) groups excluding carboxylic acids is 2. The molecular formula is C25H32N4O3. The second kappa shape index (κ2) is 8.35. The number of rotatable bonds is 7. The Labute approximate surface area is 189 Å². The molecular weight excluding hydrogens is 404 g/mol. The summed E-state index contributed by atoms with van der Waals surface area (Å²) >= 11 is 0. The Morgan fingerprint density at radius 3 is 2.56 bits per heavy atom. The molecule has 2 amide bonds. The normalized spacial score (nSPS) is 22.2. The summed E-state index contributed by atoms with van der Waals surface area (Å²) in [5.41, 5.74) is 2.76. The Hall–Kier alpha value is -2.67. The maximum atomic E-state index is 13.1. The average molecular weight is 437 g/mol. The maximum Gasteiger partial charge on any atom is 0.227 e. The van der Waals surface area contributed by atoms with Crippen molar-refractivity contribution in [1.82, 2.24) is 20.3 Å². The van der Waals surface area contributed by atoms with E-state index in [0.717, 1.165) is 37.4 Å². The highest BCUT2D eigenvalue weighted by Gasteiger charge is 2.57. The second-order valence-electron chi connectivity index (χ2n) is 9.99. The number of benzene rings is 1. The van der Waals surface area contributed by atoms with E-state index in [0.29, 0.717) is 31.2 Å². The molecule has 7 heteroatoms. The van der Waals surface area contributed by atoms with Crippen LogP contribution in [0.15, 0.2) is 34.9 Å². The summed E-state index contributed by atoms with van der Waals surface area (Å²) in [5, 5.41) is 7.16. The zero-order valence-electron chi connectivity index (χ0n) is 19.0. The SMILES string of the molecule is Cc1noc(C)c1CC(=O)N1CC2(CN(Cc3ccccc3)CC2C(=O)NCC2CC2)C1. The van der Waals surface area contributed by atoms with E-state index in [9.17, 15) is 9.59 Å². The van der Waals surface area contributed by atoms with Crippen molar-refractivity contribution in [3.8, 4) is 0 Å². The summed E-state index contributed by atoms with van der Waals surface area (Å²) < 4.78 is 5.21. The van der Waals surface area contributed by atoms with Gasteiger partial charge in [-0.2, -0.15) is 0 Å². The third kappa shape index (κ3) is 4.18. The molecule has 0 bridgehead atoms. The van der Waals surface area contributed by atoms with Crippen LogP contribution in [0.1, 0.15) is 35.4 Å². The van der Waals surface area contributed by atoms with E-state index in [-0.39, 0.29) is 23.1 Å². The largest absolute Gasteiger partial charge is 0.361 e. The van der Waals surface area contributed by atoms with Crippen LogP contribution in [0.4, 0.5) is 0 Å². The number of hydrogen-bond donors (Lipinski definition) is 1. The van der Waals surface area contributed by atoms with E-state index in [1.165, 1.54) is 18.4 Å². The zero-order chi connectivity index (χ0) is 22.3. The fourth-order valence-corrected chi connectivity index (χ4v) is 5.31. The summed E-state index contributed by atoms with van der Waals surface area (Å²) in [6.45, 7) is 8.22. The van der Waals surface area contributed by atoms with E-state index in [4.69, 9.17) is 4.52 Å². The smallest absolute Gasteiger partial charge is 0.227 e. The topological polar surface area (TPSA) is 78.7 Å². The number of amides is 2. The number of nitrogens with zero attached hydrogens (tertiary/aromatic N) is 3. The van der Waals surface area contributed by atoms with Crippen molar-refractivity contribution < 1.29 is 14.1 Å². The quantitative estimate of drug-likeness (QED) is 0.721. The van der Waals surface area contributed by atoms with Crippen LogP contribution in [-0.2, 0) is 22.6 Å². The van der Waals surface area contributed by atoms with Gasteiger partial charge in [0.25, 0.3) is 0 Å². The van der Waals surface area contributed by atoms with Gasteiger partial charge < -0.3 is 14.7 Å². The van der Waals surface area contributed by atoms with E-state index < -0.39 is 0 Å². The van der Waals surface area contributed by atoms with Crippen molar-refractivity contribution >= 4 is 11.8 Å². The van der Waals surface area contributed by atoms with Crippen molar-refractivity contribution in [2.75, 3.05) is 32.7 Å². The Kier molecular flexibility index (Phi) is 5.53. The lowest BCUT2D eigenvalue weighted by atomic mass is 9.71. The first-order valence-corrected chi connectivity index (χ1v) is 11.7. The van der Waals surface area contributed by atoms with Crippen molar-refractivity contribution in [2.45, 2.75) is 39.7 Å². The van der Waals surface area contributed by atoms with Crippen molar-refractivity contribution in [2.24, 2.45) is 17.3 Å². The van der Waals surface area contributed by atoms with Gasteiger partial charge in [-0.15, -0.1) is 0 Å². The molecule has 2 saturated heterocycles. The molecule has 1 N–H and O–H groups in total. The third-order valence-electron chi connectivity index (χ3n) is 7.42. The molecule has 3 heterocycles. The number of likely N-dealkylation sites (tertiary alicyclic amines) is 2. The Balaban J connectivity index is 1.26. The fraction of sp³-hybridized carbons (Fsp3) is 0.560. The van der Waals surface area contributed by atoms with Crippen molar-refractivity contribution in [3.63, 3.8) is 0 Å². The van der Waals surface area contributed by atoms with Crippen LogP contribution in [-0.4, -0.2) is 59.5 Å². The van der Waals surface area contributed by atoms with Crippen LogP contribution in [0.25, 0.3) is 0 Å². The first-order valence-electron chi connectivity index (χ1n) is 11.7. The molecule has 1 unspecified atom stereocenters. The number of aryl methyl sites for hydroxylation is 2. The summed E-state index contributed by atoms with van der Waals surface area (Å²) in [5.74, 6) is 1.53. The minimum absolute atomic E-state index is 0.0759. The first-order chi connectivity index (χ1) is 15.4. The molecule has 7 nitrogen and oxygen atoms in total.